The third kappa shape index (κ3) is 4.35. The summed E-state index contributed by atoms with van der Waals surface area (Å²) >= 11 is 0. The molecule has 0 aliphatic rings. The van der Waals surface area contributed by atoms with Crippen molar-refractivity contribution in [3.63, 3.8) is 0 Å². The van der Waals surface area contributed by atoms with Gasteiger partial charge in [-0.2, -0.15) is 0 Å². The van der Waals surface area contributed by atoms with Gasteiger partial charge in [0.15, 0.2) is 0 Å². The molecule has 0 atom stereocenters. The van der Waals surface area contributed by atoms with E-state index in [1.165, 1.54) is 0 Å². The molecule has 0 aliphatic carbocycles. The molecule has 24 heavy (non-hydrogen) atoms. The summed E-state index contributed by atoms with van der Waals surface area (Å²) in [6.45, 7) is 7.23. The third-order valence-electron chi connectivity index (χ3n) is 3.56. The first-order chi connectivity index (χ1) is 11.2. The van der Waals surface area contributed by atoms with Gasteiger partial charge in [-0.1, -0.05) is 26.0 Å². The lowest BCUT2D eigenvalue weighted by molar-refractivity contribution is -0.118. The van der Waals surface area contributed by atoms with Crippen LogP contribution >= 0.6 is 0 Å². The first kappa shape index (κ1) is 18.0. The monoisotopic (exact) mass is 346 g/mol. The summed E-state index contributed by atoms with van der Waals surface area (Å²) in [6, 6.07) is 11.9. The first-order valence-corrected chi connectivity index (χ1v) is 9.18. The quantitative estimate of drug-likeness (QED) is 0.867. The van der Waals surface area contributed by atoms with Gasteiger partial charge in [-0.25, -0.2) is 8.42 Å². The van der Waals surface area contributed by atoms with Crippen molar-refractivity contribution in [2.75, 3.05) is 10.0 Å². The second kappa shape index (κ2) is 7.05. The Labute approximate surface area is 143 Å². The normalized spacial score (nSPS) is 11.4. The zero-order valence-electron chi connectivity index (χ0n) is 14.3. The predicted molar refractivity (Wildman–Crippen MR) is 96.6 cm³/mol. The molecule has 5 nitrogen and oxygen atoms in total. The minimum atomic E-state index is -3.65. The number of carbonyl (C=O) groups excluding carboxylic acids is 1. The standard InChI is InChI=1S/C18H22N2O3S/c1-12(2)18(21)19-15-7-9-16(10-8-15)20-24(22,23)17-11-13(3)5-6-14(17)4/h5-12,20H,1-4H3,(H,19,21). The number of hydrogen-bond donors (Lipinski definition) is 2. The number of amides is 1. The van der Waals surface area contributed by atoms with Crippen LogP contribution in [0.5, 0.6) is 0 Å². The van der Waals surface area contributed by atoms with Crippen LogP contribution in [-0.4, -0.2) is 14.3 Å². The minimum Gasteiger partial charge on any atom is -0.326 e. The summed E-state index contributed by atoms with van der Waals surface area (Å²) < 4.78 is 27.7. The molecule has 0 heterocycles. The number of anilines is 2. The van der Waals surface area contributed by atoms with E-state index in [-0.39, 0.29) is 16.7 Å². The van der Waals surface area contributed by atoms with Gasteiger partial charge in [0.1, 0.15) is 0 Å². The van der Waals surface area contributed by atoms with E-state index < -0.39 is 10.0 Å². The molecule has 0 radical (unpaired) electrons. The van der Waals surface area contributed by atoms with Crippen molar-refractivity contribution < 1.29 is 13.2 Å². The Balaban J connectivity index is 2.18. The summed E-state index contributed by atoms with van der Waals surface area (Å²) in [5.41, 5.74) is 2.64. The van der Waals surface area contributed by atoms with E-state index in [4.69, 9.17) is 0 Å². The molecule has 2 N–H and O–H groups in total. The second-order valence-electron chi connectivity index (χ2n) is 6.10. The molecule has 0 saturated heterocycles. The van der Waals surface area contributed by atoms with Crippen molar-refractivity contribution in [1.82, 2.24) is 0 Å². The van der Waals surface area contributed by atoms with Crippen LogP contribution in [0.15, 0.2) is 47.4 Å². The smallest absolute Gasteiger partial charge is 0.262 e. The molecular weight excluding hydrogens is 324 g/mol. The highest BCUT2D eigenvalue weighted by molar-refractivity contribution is 7.92. The summed E-state index contributed by atoms with van der Waals surface area (Å²) in [4.78, 5) is 11.9. The Bertz CT molecular complexity index is 841. The van der Waals surface area contributed by atoms with Crippen LogP contribution in [0.25, 0.3) is 0 Å². The van der Waals surface area contributed by atoms with Gasteiger partial charge >= 0.3 is 0 Å². The summed E-state index contributed by atoms with van der Waals surface area (Å²) in [5, 5.41) is 2.76. The van der Waals surface area contributed by atoms with Crippen LogP contribution in [0.2, 0.25) is 0 Å². The molecule has 2 aromatic rings. The summed E-state index contributed by atoms with van der Waals surface area (Å²) in [5.74, 6) is -0.203. The van der Waals surface area contributed by atoms with Crippen LogP contribution in [0, 0.1) is 19.8 Å². The summed E-state index contributed by atoms with van der Waals surface area (Å²) in [7, 11) is -3.65. The Morgan fingerprint density at radius 2 is 1.54 bits per heavy atom. The average molecular weight is 346 g/mol. The molecule has 0 bridgehead atoms. The van der Waals surface area contributed by atoms with Gasteiger partial charge in [-0.05, 0) is 55.3 Å². The largest absolute Gasteiger partial charge is 0.326 e. The molecule has 128 valence electrons. The highest BCUT2D eigenvalue weighted by Gasteiger charge is 2.17. The molecule has 0 saturated carbocycles. The molecule has 0 unspecified atom stereocenters. The van der Waals surface area contributed by atoms with Gasteiger partial charge < -0.3 is 5.32 Å². The van der Waals surface area contributed by atoms with Crippen molar-refractivity contribution in [3.05, 3.63) is 53.6 Å². The van der Waals surface area contributed by atoms with Gasteiger partial charge in [0, 0.05) is 17.3 Å². The topological polar surface area (TPSA) is 75.3 Å². The number of aryl methyl sites for hydroxylation is 2. The lowest BCUT2D eigenvalue weighted by atomic mass is 10.2. The van der Waals surface area contributed by atoms with Gasteiger partial charge in [0.05, 0.1) is 4.90 Å². The number of hydrogen-bond acceptors (Lipinski definition) is 3. The zero-order valence-corrected chi connectivity index (χ0v) is 15.1. The van der Waals surface area contributed by atoms with Gasteiger partial charge in [0.25, 0.3) is 10.0 Å². The Kier molecular flexibility index (Phi) is 5.29. The maximum Gasteiger partial charge on any atom is 0.262 e. The first-order valence-electron chi connectivity index (χ1n) is 7.70. The lowest BCUT2D eigenvalue weighted by Gasteiger charge is -2.12. The van der Waals surface area contributed by atoms with E-state index in [9.17, 15) is 13.2 Å². The third-order valence-corrected chi connectivity index (χ3v) is 5.09. The van der Waals surface area contributed by atoms with Gasteiger partial charge in [-0.15, -0.1) is 0 Å². The van der Waals surface area contributed by atoms with E-state index in [1.54, 1.807) is 43.3 Å². The molecule has 2 rings (SSSR count). The fraction of sp³-hybridized carbons (Fsp3) is 0.278. The minimum absolute atomic E-state index is 0.0845. The van der Waals surface area contributed by atoms with Crippen LogP contribution in [0.3, 0.4) is 0 Å². The Morgan fingerprint density at radius 3 is 2.12 bits per heavy atom. The van der Waals surface area contributed by atoms with E-state index in [0.29, 0.717) is 16.9 Å². The highest BCUT2D eigenvalue weighted by atomic mass is 32.2. The highest BCUT2D eigenvalue weighted by Crippen LogP contribution is 2.22. The molecule has 0 aliphatic heterocycles. The summed E-state index contributed by atoms with van der Waals surface area (Å²) in [6.07, 6.45) is 0. The SMILES string of the molecule is Cc1ccc(C)c(S(=O)(=O)Nc2ccc(NC(=O)C(C)C)cc2)c1. The van der Waals surface area contributed by atoms with E-state index in [1.807, 2.05) is 26.8 Å². The fourth-order valence-corrected chi connectivity index (χ4v) is 3.50. The molecule has 6 heteroatoms. The van der Waals surface area contributed by atoms with E-state index in [2.05, 4.69) is 10.0 Å². The van der Waals surface area contributed by atoms with Crippen LogP contribution in [0.4, 0.5) is 11.4 Å². The molecule has 1 amide bonds. The molecule has 0 aromatic heterocycles. The fourth-order valence-electron chi connectivity index (χ4n) is 2.12. The van der Waals surface area contributed by atoms with Gasteiger partial charge in [0.2, 0.25) is 5.91 Å². The van der Waals surface area contributed by atoms with Crippen molar-refractivity contribution in [2.24, 2.45) is 5.92 Å². The Hall–Kier alpha value is -2.34. The maximum atomic E-state index is 12.5. The number of benzene rings is 2. The number of rotatable bonds is 5. The predicted octanol–water partition coefficient (Wildman–Crippen LogP) is 3.70. The van der Waals surface area contributed by atoms with Crippen molar-refractivity contribution in [1.29, 1.82) is 0 Å². The van der Waals surface area contributed by atoms with Crippen molar-refractivity contribution >= 4 is 27.3 Å². The van der Waals surface area contributed by atoms with E-state index >= 15 is 0 Å². The maximum absolute atomic E-state index is 12.5. The molecular formula is C18H22N2O3S. The molecule has 2 aromatic carbocycles. The number of sulfonamides is 1. The average Bonchev–Trinajstić information content (AvgIpc) is 2.51. The van der Waals surface area contributed by atoms with Crippen LogP contribution in [0.1, 0.15) is 25.0 Å². The number of carbonyl (C=O) groups is 1. The zero-order chi connectivity index (χ0) is 17.9. The van der Waals surface area contributed by atoms with Crippen LogP contribution in [-0.2, 0) is 14.8 Å². The van der Waals surface area contributed by atoms with Crippen molar-refractivity contribution in [2.45, 2.75) is 32.6 Å². The lowest BCUT2D eigenvalue weighted by Crippen LogP contribution is -2.18. The van der Waals surface area contributed by atoms with Gasteiger partial charge in [-0.3, -0.25) is 9.52 Å². The number of nitrogens with one attached hydrogen (secondary N) is 2. The second-order valence-corrected chi connectivity index (χ2v) is 7.75. The molecule has 0 fully saturated rings. The van der Waals surface area contributed by atoms with E-state index in [0.717, 1.165) is 5.56 Å². The van der Waals surface area contributed by atoms with Crippen LogP contribution < -0.4 is 10.0 Å². The Morgan fingerprint density at radius 1 is 0.958 bits per heavy atom. The van der Waals surface area contributed by atoms with Crippen molar-refractivity contribution in [3.8, 4) is 0 Å². The molecule has 0 spiro atoms.